The smallest absolute Gasteiger partial charge is 0.0705 e. The topological polar surface area (TPSA) is 12.9 Å². The van der Waals surface area contributed by atoms with Gasteiger partial charge in [-0.25, -0.2) is 0 Å². The van der Waals surface area contributed by atoms with Gasteiger partial charge in [0, 0.05) is 17.3 Å². The van der Waals surface area contributed by atoms with Crippen LogP contribution >= 0.6 is 0 Å². The quantitative estimate of drug-likeness (QED) is 0.144. The van der Waals surface area contributed by atoms with E-state index >= 15 is 0 Å². The second-order valence-electron chi connectivity index (χ2n) is 9.18. The van der Waals surface area contributed by atoms with Crippen LogP contribution in [0.4, 0.5) is 0 Å². The van der Waals surface area contributed by atoms with Gasteiger partial charge in [-0.05, 0) is 79.9 Å². The van der Waals surface area contributed by atoms with Crippen LogP contribution < -0.4 is 0 Å². The highest BCUT2D eigenvalue weighted by Gasteiger charge is 2.20. The number of rotatable bonds is 10. The lowest BCUT2D eigenvalue weighted by Gasteiger charge is -2.21. The fourth-order valence-electron chi connectivity index (χ4n) is 5.34. The second kappa shape index (κ2) is 14.7. The molecule has 42 heavy (non-hydrogen) atoms. The molecule has 204 valence electrons. The Bertz CT molecular complexity index is 1790. The van der Waals surface area contributed by atoms with E-state index < -0.39 is 0 Å². The summed E-state index contributed by atoms with van der Waals surface area (Å²) in [5.74, 6) is 2.58. The zero-order valence-corrected chi connectivity index (χ0v) is 24.2. The van der Waals surface area contributed by atoms with Crippen LogP contribution in [0.3, 0.4) is 0 Å². The van der Waals surface area contributed by atoms with Gasteiger partial charge in [0.1, 0.15) is 0 Å². The Labute approximate surface area is 251 Å². The van der Waals surface area contributed by atoms with E-state index in [0.29, 0.717) is 0 Å². The van der Waals surface area contributed by atoms with Crippen molar-refractivity contribution in [3.05, 3.63) is 145 Å². The molecule has 0 spiro atoms. The Morgan fingerprint density at radius 1 is 0.786 bits per heavy atom. The molecule has 0 bridgehead atoms. The first-order chi connectivity index (χ1) is 20.6. The maximum Gasteiger partial charge on any atom is 0.0705 e. The average molecular weight is 542 g/mol. The summed E-state index contributed by atoms with van der Waals surface area (Å²) in [7, 11) is 0. The third-order valence-electron chi connectivity index (χ3n) is 7.18. The van der Waals surface area contributed by atoms with Crippen LogP contribution in [0.5, 0.6) is 0 Å². The van der Waals surface area contributed by atoms with Gasteiger partial charge < -0.3 is 0 Å². The van der Waals surface area contributed by atoms with Crippen molar-refractivity contribution in [3.8, 4) is 47.4 Å². The Morgan fingerprint density at radius 3 is 1.95 bits per heavy atom. The molecule has 4 aromatic rings. The van der Waals surface area contributed by atoms with Crippen molar-refractivity contribution in [2.24, 2.45) is 0 Å². The second-order valence-corrected chi connectivity index (χ2v) is 9.18. The van der Waals surface area contributed by atoms with Crippen LogP contribution in [-0.4, -0.2) is 4.98 Å². The van der Waals surface area contributed by atoms with Gasteiger partial charge in [0.15, 0.2) is 0 Å². The third-order valence-corrected chi connectivity index (χ3v) is 7.18. The first-order valence-electron chi connectivity index (χ1n) is 13.6. The summed E-state index contributed by atoms with van der Waals surface area (Å²) >= 11 is 0. The summed E-state index contributed by atoms with van der Waals surface area (Å²) in [4.78, 5) is 4.88. The van der Waals surface area contributed by atoms with Gasteiger partial charge in [-0.15, -0.1) is 19.3 Å². The number of fused-ring (bicyclic) bond motifs is 1. The van der Waals surface area contributed by atoms with E-state index in [1.807, 2.05) is 48.7 Å². The molecule has 0 saturated carbocycles. The standard InChI is InChI=1S/C39H33N.C2H2/c1-8-15-20-33(27(9-2)10-3)37-25-24-29(26-40-37)38-31(13-6)32(14-7)39(36-22-17-16-21-35(36)38)34-23-18-19-28(11-4)30(34)12-5;1-2/h1,9,11-26H,2,4-7,10H2,3H3;1-2H/b20-15-,33-27+;. The van der Waals surface area contributed by atoms with Gasteiger partial charge in [0.25, 0.3) is 0 Å². The highest BCUT2D eigenvalue weighted by atomic mass is 14.7. The lowest BCUT2D eigenvalue weighted by molar-refractivity contribution is 1.15. The van der Waals surface area contributed by atoms with E-state index in [1.165, 1.54) is 0 Å². The van der Waals surface area contributed by atoms with Crippen molar-refractivity contribution in [2.75, 3.05) is 0 Å². The van der Waals surface area contributed by atoms with E-state index in [4.69, 9.17) is 11.4 Å². The summed E-state index contributed by atoms with van der Waals surface area (Å²) in [6.45, 7) is 22.6. The van der Waals surface area contributed by atoms with Gasteiger partial charge >= 0.3 is 0 Å². The number of allylic oxidation sites excluding steroid dienone is 5. The van der Waals surface area contributed by atoms with Crippen molar-refractivity contribution < 1.29 is 0 Å². The van der Waals surface area contributed by atoms with Crippen LogP contribution in [0, 0.1) is 25.2 Å². The highest BCUT2D eigenvalue weighted by molar-refractivity contribution is 6.12. The Hall–Kier alpha value is -5.63. The largest absolute Gasteiger partial charge is 0.256 e. The van der Waals surface area contributed by atoms with Gasteiger partial charge in [-0.2, -0.15) is 0 Å². The Balaban J connectivity index is 0.00000237. The van der Waals surface area contributed by atoms with Crippen molar-refractivity contribution in [1.82, 2.24) is 4.98 Å². The Morgan fingerprint density at radius 2 is 1.43 bits per heavy atom. The molecule has 4 rings (SSSR count). The summed E-state index contributed by atoms with van der Waals surface area (Å²) in [6, 6.07) is 18.8. The summed E-state index contributed by atoms with van der Waals surface area (Å²) < 4.78 is 0. The molecule has 1 aromatic heterocycles. The monoisotopic (exact) mass is 541 g/mol. The molecule has 1 heterocycles. The van der Waals surface area contributed by atoms with Crippen LogP contribution in [0.25, 0.3) is 62.9 Å². The first kappa shape index (κ1) is 30.9. The predicted molar refractivity (Wildman–Crippen MR) is 188 cm³/mol. The first-order valence-corrected chi connectivity index (χ1v) is 13.6. The van der Waals surface area contributed by atoms with Crippen LogP contribution in [0.15, 0.2) is 117 Å². The maximum absolute atomic E-state index is 5.51. The normalized spacial score (nSPS) is 11.0. The fraction of sp³-hybridized carbons (Fsp3) is 0.0488. The number of hydrogen-bond donors (Lipinski definition) is 0. The lowest BCUT2D eigenvalue weighted by Crippen LogP contribution is -1.99. The molecule has 0 aliphatic rings. The lowest BCUT2D eigenvalue weighted by atomic mass is 9.82. The minimum absolute atomic E-state index is 0.826. The summed E-state index contributed by atoms with van der Waals surface area (Å²) in [6.07, 6.45) is 29.3. The molecule has 0 aliphatic carbocycles. The molecule has 0 amide bonds. The molecule has 0 aliphatic heterocycles. The van der Waals surface area contributed by atoms with Gasteiger partial charge in [0.05, 0.1) is 5.69 Å². The molecular weight excluding hydrogens is 506 g/mol. The van der Waals surface area contributed by atoms with Crippen LogP contribution in [0.2, 0.25) is 0 Å². The molecule has 0 saturated heterocycles. The SMILES string of the molecule is C#C.C#C/C=C\C(=C(\C=C)CC)c1ccc(-c2c(C=C)c(C=C)c(-c3cccc(C=C)c3C=C)c3ccccc23)cn1. The van der Waals surface area contributed by atoms with E-state index in [0.717, 1.165) is 78.5 Å². The summed E-state index contributed by atoms with van der Waals surface area (Å²) in [5.41, 5.74) is 11.2. The van der Waals surface area contributed by atoms with E-state index in [9.17, 15) is 0 Å². The third kappa shape index (κ3) is 5.78. The Kier molecular flexibility index (Phi) is 10.8. The van der Waals surface area contributed by atoms with E-state index in [2.05, 4.69) is 107 Å². The number of terminal acetylenes is 2. The van der Waals surface area contributed by atoms with Crippen LogP contribution in [0.1, 0.15) is 41.3 Å². The minimum Gasteiger partial charge on any atom is -0.256 e. The molecule has 3 aromatic carbocycles. The van der Waals surface area contributed by atoms with Gasteiger partial charge in [-0.1, -0.05) is 125 Å². The predicted octanol–water partition coefficient (Wildman–Crippen LogP) is 10.9. The zero-order chi connectivity index (χ0) is 30.6. The van der Waals surface area contributed by atoms with Crippen molar-refractivity contribution in [3.63, 3.8) is 0 Å². The summed E-state index contributed by atoms with van der Waals surface area (Å²) in [5, 5.41) is 2.22. The molecule has 0 N–H and O–H groups in total. The fourth-order valence-corrected chi connectivity index (χ4v) is 5.34. The highest BCUT2D eigenvalue weighted by Crippen LogP contribution is 2.44. The minimum atomic E-state index is 0.826. The van der Waals surface area contributed by atoms with Gasteiger partial charge in [-0.3, -0.25) is 4.98 Å². The van der Waals surface area contributed by atoms with E-state index in [-0.39, 0.29) is 0 Å². The average Bonchev–Trinajstić information content (AvgIpc) is 3.06. The zero-order valence-electron chi connectivity index (χ0n) is 24.2. The number of nitrogens with zero attached hydrogens (tertiary/aromatic N) is 1. The molecular formula is C41H35N. The number of aromatic nitrogens is 1. The van der Waals surface area contributed by atoms with Gasteiger partial charge in [0.2, 0.25) is 0 Å². The van der Waals surface area contributed by atoms with E-state index in [1.54, 1.807) is 6.08 Å². The number of benzene rings is 3. The molecule has 0 atom stereocenters. The van der Waals surface area contributed by atoms with Crippen molar-refractivity contribution in [1.29, 1.82) is 0 Å². The molecule has 0 fully saturated rings. The molecule has 0 radical (unpaired) electrons. The molecule has 1 heteroatoms. The molecule has 0 unspecified atom stereocenters. The van der Waals surface area contributed by atoms with Crippen molar-refractivity contribution >= 4 is 40.6 Å². The number of hydrogen-bond acceptors (Lipinski definition) is 1. The van der Waals surface area contributed by atoms with Crippen molar-refractivity contribution in [2.45, 2.75) is 13.3 Å². The molecule has 1 nitrogen and oxygen atoms in total. The van der Waals surface area contributed by atoms with Crippen LogP contribution in [-0.2, 0) is 0 Å². The maximum atomic E-state index is 5.51. The number of pyridine rings is 1.